The zero-order valence-electron chi connectivity index (χ0n) is 21.3. The molecule has 0 unspecified atom stereocenters. The Balaban J connectivity index is 2.19. The third-order valence-electron chi connectivity index (χ3n) is 5.86. The molecule has 0 fully saturated rings. The van der Waals surface area contributed by atoms with E-state index in [2.05, 4.69) is 5.32 Å². The third kappa shape index (κ3) is 8.68. The molecule has 1 N–H and O–H groups in total. The number of aryl methyl sites for hydroxylation is 1. The summed E-state index contributed by atoms with van der Waals surface area (Å²) in [6, 6.07) is 11.5. The lowest BCUT2D eigenvalue weighted by molar-refractivity contribution is -0.140. The van der Waals surface area contributed by atoms with Gasteiger partial charge in [-0.1, -0.05) is 60.3 Å². The maximum absolute atomic E-state index is 13.4. The van der Waals surface area contributed by atoms with Crippen molar-refractivity contribution in [2.24, 2.45) is 0 Å². The van der Waals surface area contributed by atoms with Gasteiger partial charge in [0.25, 0.3) is 0 Å². The van der Waals surface area contributed by atoms with Crippen molar-refractivity contribution in [2.75, 3.05) is 23.7 Å². The van der Waals surface area contributed by atoms with E-state index in [4.69, 9.17) is 23.2 Å². The van der Waals surface area contributed by atoms with E-state index in [9.17, 15) is 18.0 Å². The van der Waals surface area contributed by atoms with Gasteiger partial charge in [-0.05, 0) is 51.0 Å². The van der Waals surface area contributed by atoms with Crippen LogP contribution in [0.25, 0.3) is 0 Å². The lowest BCUT2D eigenvalue weighted by Gasteiger charge is -2.30. The number of halogens is 2. The van der Waals surface area contributed by atoms with Crippen LogP contribution in [0.3, 0.4) is 0 Å². The van der Waals surface area contributed by atoms with E-state index in [1.807, 2.05) is 26.0 Å². The predicted molar refractivity (Wildman–Crippen MR) is 147 cm³/mol. The summed E-state index contributed by atoms with van der Waals surface area (Å²) in [6.45, 7) is 6.33. The molecule has 36 heavy (non-hydrogen) atoms. The molecule has 0 heterocycles. The normalized spacial score (nSPS) is 12.2. The van der Waals surface area contributed by atoms with Gasteiger partial charge in [0.15, 0.2) is 0 Å². The first-order chi connectivity index (χ1) is 17.0. The average Bonchev–Trinajstić information content (AvgIpc) is 2.81. The highest BCUT2D eigenvalue weighted by Gasteiger charge is 2.27. The quantitative estimate of drug-likeness (QED) is 0.345. The van der Waals surface area contributed by atoms with Crippen LogP contribution in [0.2, 0.25) is 10.0 Å². The van der Waals surface area contributed by atoms with Crippen molar-refractivity contribution >= 4 is 50.7 Å². The number of nitrogens with zero attached hydrogens (tertiary/aromatic N) is 2. The van der Waals surface area contributed by atoms with Gasteiger partial charge in [-0.15, -0.1) is 0 Å². The van der Waals surface area contributed by atoms with Gasteiger partial charge in [-0.25, -0.2) is 8.42 Å². The summed E-state index contributed by atoms with van der Waals surface area (Å²) in [4.78, 5) is 27.6. The first kappa shape index (κ1) is 29.9. The van der Waals surface area contributed by atoms with Crippen LogP contribution < -0.4 is 9.62 Å². The molecule has 2 amide bonds. The Hall–Kier alpha value is -2.29. The Labute approximate surface area is 224 Å². The van der Waals surface area contributed by atoms with Crippen LogP contribution in [0.15, 0.2) is 42.5 Å². The van der Waals surface area contributed by atoms with Gasteiger partial charge in [0, 0.05) is 41.7 Å². The fraction of sp³-hybridized carbons (Fsp3) is 0.462. The van der Waals surface area contributed by atoms with E-state index >= 15 is 0 Å². The fourth-order valence-electron chi connectivity index (χ4n) is 3.69. The molecule has 2 rings (SSSR count). The molecule has 0 radical (unpaired) electrons. The Kier molecular flexibility index (Phi) is 11.5. The molecule has 10 heteroatoms. The van der Waals surface area contributed by atoms with Gasteiger partial charge < -0.3 is 10.2 Å². The molecule has 0 aliphatic heterocycles. The Morgan fingerprint density at radius 3 is 2.19 bits per heavy atom. The maximum Gasteiger partial charge on any atom is 0.242 e. The number of unbranched alkanes of at least 4 members (excludes halogenated alkanes) is 1. The minimum Gasteiger partial charge on any atom is -0.354 e. The summed E-state index contributed by atoms with van der Waals surface area (Å²) in [5.41, 5.74) is 2.11. The summed E-state index contributed by atoms with van der Waals surface area (Å²) >= 11 is 12.7. The Morgan fingerprint density at radius 2 is 1.64 bits per heavy atom. The van der Waals surface area contributed by atoms with Crippen molar-refractivity contribution in [1.82, 2.24) is 10.2 Å². The van der Waals surface area contributed by atoms with Crippen molar-refractivity contribution in [3.8, 4) is 0 Å². The van der Waals surface area contributed by atoms with Crippen LogP contribution in [0.4, 0.5) is 5.69 Å². The van der Waals surface area contributed by atoms with E-state index < -0.39 is 16.1 Å². The van der Waals surface area contributed by atoms with Gasteiger partial charge in [0.1, 0.15) is 6.04 Å². The van der Waals surface area contributed by atoms with E-state index in [-0.39, 0.29) is 37.7 Å². The largest absolute Gasteiger partial charge is 0.354 e. The van der Waals surface area contributed by atoms with E-state index in [1.54, 1.807) is 37.3 Å². The maximum atomic E-state index is 13.4. The molecule has 0 aliphatic rings. The number of carbonyl (C=O) groups excluding carboxylic acids is 2. The molecule has 2 aromatic carbocycles. The minimum atomic E-state index is -3.54. The van der Waals surface area contributed by atoms with E-state index in [0.717, 1.165) is 24.7 Å². The highest BCUT2D eigenvalue weighted by atomic mass is 35.5. The van der Waals surface area contributed by atoms with Crippen LogP contribution in [0.5, 0.6) is 0 Å². The summed E-state index contributed by atoms with van der Waals surface area (Å²) in [7, 11) is -3.54. The zero-order valence-corrected chi connectivity index (χ0v) is 23.6. The predicted octanol–water partition coefficient (Wildman–Crippen LogP) is 5.18. The molecule has 1 atom stereocenters. The van der Waals surface area contributed by atoms with Crippen molar-refractivity contribution in [2.45, 2.75) is 59.0 Å². The van der Waals surface area contributed by atoms with Crippen molar-refractivity contribution in [3.05, 3.63) is 63.6 Å². The van der Waals surface area contributed by atoms with Gasteiger partial charge in [-0.3, -0.25) is 13.9 Å². The molecule has 198 valence electrons. The van der Waals surface area contributed by atoms with E-state index in [0.29, 0.717) is 27.8 Å². The summed E-state index contributed by atoms with van der Waals surface area (Å²) in [6.07, 6.45) is 3.24. The molecule has 0 aliphatic carbocycles. The third-order valence-corrected chi connectivity index (χ3v) is 7.76. The number of hydrogen-bond donors (Lipinski definition) is 1. The smallest absolute Gasteiger partial charge is 0.242 e. The Morgan fingerprint density at radius 1 is 1.03 bits per heavy atom. The lowest BCUT2D eigenvalue weighted by atomic mass is 10.1. The second kappa shape index (κ2) is 13.9. The zero-order chi connectivity index (χ0) is 26.9. The number of benzene rings is 2. The number of anilines is 1. The minimum absolute atomic E-state index is 0.0481. The van der Waals surface area contributed by atoms with Crippen molar-refractivity contribution in [3.63, 3.8) is 0 Å². The second-order valence-corrected chi connectivity index (χ2v) is 11.5. The SMILES string of the molecule is CCCCNC(=O)[C@H](C)N(Cc1c(Cl)cccc1Cl)C(=O)CCCN(c1ccc(C)cc1)S(C)(=O)=O. The number of sulfonamides is 1. The van der Waals surface area contributed by atoms with Crippen molar-refractivity contribution in [1.29, 1.82) is 0 Å². The highest BCUT2D eigenvalue weighted by Crippen LogP contribution is 2.27. The van der Waals surface area contributed by atoms with Crippen LogP contribution in [0, 0.1) is 6.92 Å². The molecule has 0 saturated carbocycles. The number of amides is 2. The summed E-state index contributed by atoms with van der Waals surface area (Å²) in [5.74, 6) is -0.557. The first-order valence-corrected chi connectivity index (χ1v) is 14.6. The van der Waals surface area contributed by atoms with E-state index in [1.165, 1.54) is 9.21 Å². The second-order valence-electron chi connectivity index (χ2n) is 8.82. The molecule has 0 bridgehead atoms. The van der Waals surface area contributed by atoms with Crippen LogP contribution in [-0.4, -0.2) is 50.5 Å². The summed E-state index contributed by atoms with van der Waals surface area (Å²) < 4.78 is 26.1. The average molecular weight is 557 g/mol. The molecule has 0 spiro atoms. The van der Waals surface area contributed by atoms with Gasteiger partial charge in [0.05, 0.1) is 11.9 Å². The molecule has 0 saturated heterocycles. The number of nitrogens with one attached hydrogen (secondary N) is 1. The number of hydrogen-bond acceptors (Lipinski definition) is 4. The monoisotopic (exact) mass is 555 g/mol. The highest BCUT2D eigenvalue weighted by molar-refractivity contribution is 7.92. The number of rotatable bonds is 13. The lowest BCUT2D eigenvalue weighted by Crippen LogP contribution is -2.48. The van der Waals surface area contributed by atoms with Gasteiger partial charge in [-0.2, -0.15) is 0 Å². The number of carbonyl (C=O) groups is 2. The standard InChI is InChI=1S/C26H35Cl2N3O4S/c1-5-6-16-29-26(33)20(3)30(18-22-23(27)9-7-10-24(22)28)25(32)11-8-17-31(36(4,34)35)21-14-12-19(2)13-15-21/h7,9-10,12-15,20H,5-6,8,11,16-18H2,1-4H3,(H,29,33)/t20-/m0/s1. The molecule has 2 aromatic rings. The topological polar surface area (TPSA) is 86.8 Å². The molecule has 0 aromatic heterocycles. The van der Waals surface area contributed by atoms with Gasteiger partial charge >= 0.3 is 0 Å². The van der Waals surface area contributed by atoms with Crippen LogP contribution >= 0.6 is 23.2 Å². The van der Waals surface area contributed by atoms with Crippen molar-refractivity contribution < 1.29 is 18.0 Å². The van der Waals surface area contributed by atoms with Gasteiger partial charge in [0.2, 0.25) is 21.8 Å². The molecule has 7 nitrogen and oxygen atoms in total. The molecular weight excluding hydrogens is 521 g/mol. The Bertz CT molecular complexity index is 1120. The fourth-order valence-corrected chi connectivity index (χ4v) is 5.17. The molecular formula is C26H35Cl2N3O4S. The van der Waals surface area contributed by atoms with Crippen LogP contribution in [0.1, 0.15) is 50.7 Å². The van der Waals surface area contributed by atoms with Crippen LogP contribution in [-0.2, 0) is 26.2 Å². The first-order valence-electron chi connectivity index (χ1n) is 12.0. The summed E-state index contributed by atoms with van der Waals surface area (Å²) in [5, 5.41) is 3.68.